The fourth-order valence-electron chi connectivity index (χ4n) is 4.28. The van der Waals surface area contributed by atoms with Crippen molar-refractivity contribution in [2.24, 2.45) is 5.92 Å². The van der Waals surface area contributed by atoms with Gasteiger partial charge in [-0.2, -0.15) is 0 Å². The molecule has 1 aliphatic rings. The van der Waals surface area contributed by atoms with Crippen LogP contribution in [-0.2, 0) is 6.54 Å². The van der Waals surface area contributed by atoms with Crippen LogP contribution in [0.25, 0.3) is 22.0 Å². The topological polar surface area (TPSA) is 119 Å². The molecule has 9 nitrogen and oxygen atoms in total. The number of methoxy groups -OCH3 is 1. The summed E-state index contributed by atoms with van der Waals surface area (Å²) in [6.45, 7) is 4.57. The maximum absolute atomic E-state index is 9.32. The minimum absolute atomic E-state index is 0.108. The van der Waals surface area contributed by atoms with Gasteiger partial charge in [0.2, 0.25) is 0 Å². The molecule has 0 saturated carbocycles. The number of hydrogen-bond donors (Lipinski definition) is 3. The Labute approximate surface area is 209 Å². The number of aromatic nitrogens is 3. The monoisotopic (exact) mass is 486 g/mol. The van der Waals surface area contributed by atoms with Crippen LogP contribution in [0.3, 0.4) is 0 Å². The van der Waals surface area contributed by atoms with Crippen molar-refractivity contribution in [3.8, 4) is 22.6 Å². The first-order valence-electron chi connectivity index (χ1n) is 12.0. The zero-order valence-corrected chi connectivity index (χ0v) is 20.4. The second kappa shape index (κ2) is 10.2. The number of fused-ring (bicyclic) bond motifs is 2. The first-order valence-corrected chi connectivity index (χ1v) is 12.0. The van der Waals surface area contributed by atoms with Gasteiger partial charge in [0.25, 0.3) is 0 Å². The number of nitrogens with two attached hydrogens (primary N) is 1. The number of rotatable bonds is 7. The predicted molar refractivity (Wildman–Crippen MR) is 141 cm³/mol. The number of nitrogens with one attached hydrogen (secondary N) is 1. The average molecular weight is 487 g/mol. The minimum atomic E-state index is 0.108. The van der Waals surface area contributed by atoms with Gasteiger partial charge in [0.15, 0.2) is 0 Å². The Hall–Kier alpha value is -4.11. The van der Waals surface area contributed by atoms with E-state index < -0.39 is 0 Å². The van der Waals surface area contributed by atoms with Gasteiger partial charge in [-0.25, -0.2) is 15.0 Å². The molecule has 0 amide bonds. The van der Waals surface area contributed by atoms with Gasteiger partial charge in [-0.3, -0.25) is 0 Å². The van der Waals surface area contributed by atoms with E-state index in [0.29, 0.717) is 32.1 Å². The van der Waals surface area contributed by atoms with Crippen molar-refractivity contribution in [1.29, 1.82) is 0 Å². The summed E-state index contributed by atoms with van der Waals surface area (Å²) < 4.78 is 11.4. The van der Waals surface area contributed by atoms with E-state index in [4.69, 9.17) is 15.2 Å². The molecule has 1 atom stereocenters. The van der Waals surface area contributed by atoms with Gasteiger partial charge in [-0.1, -0.05) is 13.0 Å². The third kappa shape index (κ3) is 4.83. The third-order valence-electron chi connectivity index (χ3n) is 6.37. The van der Waals surface area contributed by atoms with Crippen molar-refractivity contribution in [3.63, 3.8) is 0 Å². The van der Waals surface area contributed by atoms with Crippen molar-refractivity contribution >= 4 is 28.2 Å². The minimum Gasteiger partial charge on any atom is -0.497 e. The first-order chi connectivity index (χ1) is 17.6. The number of aliphatic hydroxyl groups excluding tert-OH is 1. The number of nitrogens with zero attached hydrogens (tertiary/aromatic N) is 4. The molecular formula is C27H30N6O3. The van der Waals surface area contributed by atoms with Crippen LogP contribution in [0.5, 0.6) is 11.5 Å². The van der Waals surface area contributed by atoms with Gasteiger partial charge in [-0.05, 0) is 41.8 Å². The normalized spacial score (nSPS) is 14.0. The van der Waals surface area contributed by atoms with Crippen molar-refractivity contribution < 1.29 is 14.6 Å². The van der Waals surface area contributed by atoms with Gasteiger partial charge in [0.1, 0.15) is 36.1 Å². The largest absolute Gasteiger partial charge is 0.497 e. The molecule has 3 heterocycles. The molecule has 0 aliphatic carbocycles. The van der Waals surface area contributed by atoms with E-state index in [0.717, 1.165) is 50.6 Å². The quantitative estimate of drug-likeness (QED) is 0.359. The summed E-state index contributed by atoms with van der Waals surface area (Å²) in [5, 5.41) is 13.6. The van der Waals surface area contributed by atoms with Crippen LogP contribution in [0, 0.1) is 5.92 Å². The van der Waals surface area contributed by atoms with E-state index >= 15 is 0 Å². The lowest BCUT2D eigenvalue weighted by atomic mass is 10.0. The number of ether oxygens (including phenoxy) is 2. The molecule has 0 bridgehead atoms. The Kier molecular flexibility index (Phi) is 6.73. The molecule has 9 heteroatoms. The van der Waals surface area contributed by atoms with Crippen LogP contribution in [0.4, 0.5) is 17.3 Å². The van der Waals surface area contributed by atoms with E-state index in [2.05, 4.69) is 31.2 Å². The molecule has 2 aromatic carbocycles. The lowest BCUT2D eigenvalue weighted by molar-refractivity contribution is 0.244. The number of nitrogen functional groups attached to an aromatic ring is 1. The molecule has 0 spiro atoms. The Balaban J connectivity index is 1.45. The number of aliphatic hydroxyl groups is 1. The molecule has 186 valence electrons. The van der Waals surface area contributed by atoms with E-state index in [1.165, 1.54) is 0 Å². The van der Waals surface area contributed by atoms with Gasteiger partial charge in [0.05, 0.1) is 24.9 Å². The zero-order chi connectivity index (χ0) is 25.1. The summed E-state index contributed by atoms with van der Waals surface area (Å²) in [5.74, 6) is 3.03. The molecule has 36 heavy (non-hydrogen) atoms. The van der Waals surface area contributed by atoms with Gasteiger partial charge >= 0.3 is 0 Å². The Morgan fingerprint density at radius 2 is 2.03 bits per heavy atom. The van der Waals surface area contributed by atoms with Crippen molar-refractivity contribution in [3.05, 3.63) is 60.6 Å². The van der Waals surface area contributed by atoms with Gasteiger partial charge in [0, 0.05) is 48.5 Å². The SMILES string of the molecule is COc1ccc2c(N3CCOc4ccc(-c5cnc(N)c(NCC(C)CO)c5)cc4C3)ncnc2c1. The predicted octanol–water partition coefficient (Wildman–Crippen LogP) is 3.72. The van der Waals surface area contributed by atoms with Crippen LogP contribution in [0.1, 0.15) is 12.5 Å². The second-order valence-electron chi connectivity index (χ2n) is 9.00. The molecule has 1 unspecified atom stereocenters. The highest BCUT2D eigenvalue weighted by Gasteiger charge is 2.20. The zero-order valence-electron chi connectivity index (χ0n) is 20.4. The molecule has 4 N–H and O–H groups in total. The first kappa shape index (κ1) is 23.6. The fraction of sp³-hybridized carbons (Fsp3) is 0.296. The summed E-state index contributed by atoms with van der Waals surface area (Å²) in [7, 11) is 1.65. The summed E-state index contributed by atoms with van der Waals surface area (Å²) in [4.78, 5) is 15.6. The highest BCUT2D eigenvalue weighted by atomic mass is 16.5. The van der Waals surface area contributed by atoms with Crippen LogP contribution < -0.4 is 25.4 Å². The number of hydrogen-bond acceptors (Lipinski definition) is 9. The van der Waals surface area contributed by atoms with E-state index in [1.54, 1.807) is 19.6 Å². The maximum Gasteiger partial charge on any atom is 0.146 e. The summed E-state index contributed by atoms with van der Waals surface area (Å²) in [6.07, 6.45) is 3.37. The summed E-state index contributed by atoms with van der Waals surface area (Å²) in [5.41, 5.74) is 10.7. The van der Waals surface area contributed by atoms with Crippen LogP contribution in [-0.4, -0.2) is 53.5 Å². The Morgan fingerprint density at radius 1 is 1.14 bits per heavy atom. The van der Waals surface area contributed by atoms with E-state index in [1.807, 2.05) is 43.3 Å². The number of pyridine rings is 1. The highest BCUT2D eigenvalue weighted by Crippen LogP contribution is 2.34. The Morgan fingerprint density at radius 3 is 2.86 bits per heavy atom. The average Bonchev–Trinajstić information content (AvgIpc) is 3.13. The summed E-state index contributed by atoms with van der Waals surface area (Å²) >= 11 is 0. The molecule has 4 aromatic rings. The van der Waals surface area contributed by atoms with Gasteiger partial charge < -0.3 is 30.5 Å². The third-order valence-corrected chi connectivity index (χ3v) is 6.37. The van der Waals surface area contributed by atoms with E-state index in [9.17, 15) is 5.11 Å². The Bertz CT molecular complexity index is 1380. The molecular weight excluding hydrogens is 456 g/mol. The lowest BCUT2D eigenvalue weighted by Crippen LogP contribution is -2.26. The maximum atomic E-state index is 9.32. The molecule has 1 aliphatic heterocycles. The van der Waals surface area contributed by atoms with Crippen molar-refractivity contribution in [1.82, 2.24) is 15.0 Å². The molecule has 5 rings (SSSR count). The van der Waals surface area contributed by atoms with Crippen LogP contribution in [0.15, 0.2) is 55.0 Å². The number of anilines is 3. The van der Waals surface area contributed by atoms with Crippen molar-refractivity contribution in [2.75, 3.05) is 49.4 Å². The molecule has 2 aromatic heterocycles. The van der Waals surface area contributed by atoms with Crippen LogP contribution >= 0.6 is 0 Å². The standard InChI is InChI=1S/C27H30N6O3/c1-17(15-34)12-29-24-10-19(13-30-26(24)28)18-3-6-25-20(9-18)14-33(7-8-36-25)27-22-5-4-21(35-2)11-23(22)31-16-32-27/h3-6,9-11,13,16-17,29,34H,7-8,12,14-15H2,1-2H3,(H2,28,30). The molecule has 0 radical (unpaired) electrons. The van der Waals surface area contributed by atoms with E-state index in [-0.39, 0.29) is 12.5 Å². The van der Waals surface area contributed by atoms with Gasteiger partial charge in [-0.15, -0.1) is 0 Å². The smallest absolute Gasteiger partial charge is 0.146 e. The van der Waals surface area contributed by atoms with Crippen molar-refractivity contribution in [2.45, 2.75) is 13.5 Å². The fourth-order valence-corrected chi connectivity index (χ4v) is 4.28. The summed E-state index contributed by atoms with van der Waals surface area (Å²) in [6, 6.07) is 14.0. The van der Waals surface area contributed by atoms with Crippen LogP contribution in [0.2, 0.25) is 0 Å². The molecule has 0 saturated heterocycles. The highest BCUT2D eigenvalue weighted by molar-refractivity contribution is 5.90. The molecule has 0 fully saturated rings. The number of benzene rings is 2. The second-order valence-corrected chi connectivity index (χ2v) is 9.00. The lowest BCUT2D eigenvalue weighted by Gasteiger charge is -2.22.